The van der Waals surface area contributed by atoms with Crippen LogP contribution in [0.2, 0.25) is 0 Å². The Morgan fingerprint density at radius 1 is 0.422 bits per heavy atom. The molecule has 1 N–H and O–H groups in total. The fraction of sp³-hybridized carbons (Fsp3) is 0.0233. The molecule has 0 aromatic heterocycles. The molecule has 0 bridgehead atoms. The number of rotatable bonds is 3. The van der Waals surface area contributed by atoms with Gasteiger partial charge in [-0.3, -0.25) is 0 Å². The zero-order valence-corrected chi connectivity index (χ0v) is 24.4. The lowest BCUT2D eigenvalue weighted by Crippen LogP contribution is -2.09. The predicted octanol–water partition coefficient (Wildman–Crippen LogP) is 11.6. The van der Waals surface area contributed by atoms with Gasteiger partial charge in [-0.1, -0.05) is 133 Å². The fourth-order valence-electron chi connectivity index (χ4n) is 7.52. The highest BCUT2D eigenvalue weighted by atomic mass is 16.5. The molecule has 1 unspecified atom stereocenters. The first-order chi connectivity index (χ1) is 22.3. The van der Waals surface area contributed by atoms with E-state index < -0.39 is 0 Å². The summed E-state index contributed by atoms with van der Waals surface area (Å²) in [6.45, 7) is 0. The Bertz CT molecular complexity index is 2470. The van der Waals surface area contributed by atoms with Gasteiger partial charge in [-0.05, 0) is 89.6 Å². The number of benzene rings is 8. The van der Waals surface area contributed by atoms with Crippen LogP contribution in [0, 0.1) is 0 Å². The third-order valence-electron chi connectivity index (χ3n) is 9.63. The number of fused-ring (bicyclic) bond motifs is 8. The molecule has 45 heavy (non-hydrogen) atoms. The normalized spacial score (nSPS) is 14.4. The van der Waals surface area contributed by atoms with Crippen LogP contribution < -0.4 is 10.1 Å². The average molecular weight is 574 g/mol. The summed E-state index contributed by atoms with van der Waals surface area (Å²) < 4.78 is 6.61. The van der Waals surface area contributed by atoms with E-state index in [2.05, 4.69) is 151 Å². The topological polar surface area (TPSA) is 21.3 Å². The van der Waals surface area contributed by atoms with E-state index in [0.29, 0.717) is 0 Å². The van der Waals surface area contributed by atoms with Crippen LogP contribution in [0.25, 0.3) is 76.8 Å². The summed E-state index contributed by atoms with van der Waals surface area (Å²) in [5, 5.41) is 11.0. The summed E-state index contributed by atoms with van der Waals surface area (Å²) in [4.78, 5) is 0. The molecule has 0 saturated carbocycles. The molecule has 1 aliphatic heterocycles. The Hall–Kier alpha value is -5.86. The molecule has 8 aromatic rings. The number of hydrogen-bond donors (Lipinski definition) is 1. The van der Waals surface area contributed by atoms with E-state index in [9.17, 15) is 0 Å². The Labute approximate surface area is 261 Å². The van der Waals surface area contributed by atoms with E-state index in [1.54, 1.807) is 0 Å². The minimum Gasteiger partial charge on any atom is -0.464 e. The summed E-state index contributed by atoms with van der Waals surface area (Å²) >= 11 is 0. The van der Waals surface area contributed by atoms with Gasteiger partial charge < -0.3 is 10.1 Å². The van der Waals surface area contributed by atoms with Crippen LogP contribution in [-0.4, -0.2) is 0 Å². The highest BCUT2D eigenvalue weighted by Gasteiger charge is 2.26. The molecule has 1 heterocycles. The van der Waals surface area contributed by atoms with Gasteiger partial charge in [0.2, 0.25) is 0 Å². The number of hydrogen-bond acceptors (Lipinski definition) is 2. The van der Waals surface area contributed by atoms with E-state index in [4.69, 9.17) is 4.74 Å². The zero-order chi connectivity index (χ0) is 29.5. The Kier molecular flexibility index (Phi) is 5.09. The van der Waals surface area contributed by atoms with E-state index in [1.807, 2.05) is 6.07 Å². The van der Waals surface area contributed by atoms with Crippen LogP contribution in [-0.2, 0) is 0 Å². The first kappa shape index (κ1) is 24.6. The van der Waals surface area contributed by atoms with E-state index in [0.717, 1.165) is 22.4 Å². The van der Waals surface area contributed by atoms with Gasteiger partial charge in [0.15, 0.2) is 12.0 Å². The quantitative estimate of drug-likeness (QED) is 0.212. The van der Waals surface area contributed by atoms with Crippen molar-refractivity contribution < 1.29 is 4.74 Å². The first-order valence-electron chi connectivity index (χ1n) is 15.5. The Balaban J connectivity index is 1.10. The molecular formula is C43H27NO. The van der Waals surface area contributed by atoms with Gasteiger partial charge in [0.05, 0.1) is 5.69 Å². The molecule has 10 rings (SSSR count). The lowest BCUT2D eigenvalue weighted by atomic mass is 9.92. The summed E-state index contributed by atoms with van der Waals surface area (Å²) in [5.41, 5.74) is 12.3. The van der Waals surface area contributed by atoms with Crippen LogP contribution in [0.4, 0.5) is 5.69 Å². The summed E-state index contributed by atoms with van der Waals surface area (Å²) in [7, 11) is 0. The van der Waals surface area contributed by atoms with Crippen LogP contribution >= 0.6 is 0 Å². The average Bonchev–Trinajstić information content (AvgIpc) is 3.69. The van der Waals surface area contributed by atoms with Gasteiger partial charge in [0, 0.05) is 10.9 Å². The molecule has 2 aliphatic rings. The van der Waals surface area contributed by atoms with Gasteiger partial charge in [-0.2, -0.15) is 0 Å². The lowest BCUT2D eigenvalue weighted by molar-refractivity contribution is 0.263. The highest BCUT2D eigenvalue weighted by molar-refractivity contribution is 6.19. The number of ether oxygens (including phenoxy) is 1. The van der Waals surface area contributed by atoms with Crippen molar-refractivity contribution in [3.63, 3.8) is 0 Å². The van der Waals surface area contributed by atoms with Crippen molar-refractivity contribution in [2.45, 2.75) is 6.23 Å². The molecule has 0 spiro atoms. The first-order valence-corrected chi connectivity index (χ1v) is 15.5. The maximum absolute atomic E-state index is 6.61. The van der Waals surface area contributed by atoms with Crippen molar-refractivity contribution in [1.29, 1.82) is 0 Å². The largest absolute Gasteiger partial charge is 0.464 e. The maximum Gasteiger partial charge on any atom is 0.196 e. The molecule has 0 fully saturated rings. The third-order valence-corrected chi connectivity index (χ3v) is 9.63. The van der Waals surface area contributed by atoms with Crippen LogP contribution in [0.1, 0.15) is 11.8 Å². The second kappa shape index (κ2) is 9.32. The van der Waals surface area contributed by atoms with E-state index in [1.165, 1.54) is 71.4 Å². The molecule has 0 radical (unpaired) electrons. The molecule has 2 heteroatoms. The molecule has 8 aromatic carbocycles. The van der Waals surface area contributed by atoms with E-state index in [-0.39, 0.29) is 6.23 Å². The smallest absolute Gasteiger partial charge is 0.196 e. The standard InChI is InChI=1S/C43H27NO/c1-2-8-28(9-3-1)43-44-39-23-20-27-18-16-26-17-19-30(25-38(26)40(27)42(39)45-43)29-10-6-11-31(24-29)32-21-22-37-34-13-5-4-12-33(34)36-15-7-14-35(32)41(36)37/h1-25,43-44H. The van der Waals surface area contributed by atoms with Crippen molar-refractivity contribution in [3.05, 3.63) is 157 Å². The van der Waals surface area contributed by atoms with Crippen LogP contribution in [0.5, 0.6) is 5.75 Å². The number of anilines is 1. The molecular weight excluding hydrogens is 546 g/mol. The van der Waals surface area contributed by atoms with Crippen LogP contribution in [0.3, 0.4) is 0 Å². The Morgan fingerprint density at radius 3 is 1.98 bits per heavy atom. The van der Waals surface area contributed by atoms with Crippen molar-refractivity contribution >= 4 is 38.0 Å². The van der Waals surface area contributed by atoms with Crippen LogP contribution in [0.15, 0.2) is 152 Å². The van der Waals surface area contributed by atoms with Gasteiger partial charge in [0.1, 0.15) is 0 Å². The lowest BCUT2D eigenvalue weighted by Gasteiger charge is -2.13. The van der Waals surface area contributed by atoms with Gasteiger partial charge in [-0.25, -0.2) is 0 Å². The molecule has 1 aliphatic carbocycles. The second-order valence-corrected chi connectivity index (χ2v) is 12.1. The molecule has 0 amide bonds. The van der Waals surface area contributed by atoms with Crippen molar-refractivity contribution in [2.75, 3.05) is 5.32 Å². The highest BCUT2D eigenvalue weighted by Crippen LogP contribution is 2.50. The molecule has 1 atom stereocenters. The van der Waals surface area contributed by atoms with Gasteiger partial charge in [-0.15, -0.1) is 0 Å². The van der Waals surface area contributed by atoms with Crippen molar-refractivity contribution in [2.24, 2.45) is 0 Å². The summed E-state index contributed by atoms with van der Waals surface area (Å²) in [5.74, 6) is 0.923. The second-order valence-electron chi connectivity index (χ2n) is 12.1. The van der Waals surface area contributed by atoms with Gasteiger partial charge in [0.25, 0.3) is 0 Å². The summed E-state index contributed by atoms with van der Waals surface area (Å²) in [6, 6.07) is 55.0. The zero-order valence-electron chi connectivity index (χ0n) is 24.4. The SMILES string of the molecule is c1ccc(C2Nc3ccc4ccc5ccc(-c6cccc(-c7ccc8c9c(cccc79)-c7ccccc7-8)c6)cc5c4c3O2)cc1. The Morgan fingerprint density at radius 2 is 1.09 bits per heavy atom. The van der Waals surface area contributed by atoms with E-state index >= 15 is 0 Å². The molecule has 2 nitrogen and oxygen atoms in total. The third kappa shape index (κ3) is 3.63. The fourth-order valence-corrected chi connectivity index (χ4v) is 7.52. The minimum atomic E-state index is -0.201. The van der Waals surface area contributed by atoms with Gasteiger partial charge >= 0.3 is 0 Å². The van der Waals surface area contributed by atoms with Crippen molar-refractivity contribution in [3.8, 4) is 50.3 Å². The molecule has 210 valence electrons. The number of nitrogens with one attached hydrogen (secondary N) is 1. The predicted molar refractivity (Wildman–Crippen MR) is 188 cm³/mol. The minimum absolute atomic E-state index is 0.201. The monoisotopic (exact) mass is 573 g/mol. The molecule has 0 saturated heterocycles. The maximum atomic E-state index is 6.61. The van der Waals surface area contributed by atoms with Crippen molar-refractivity contribution in [1.82, 2.24) is 0 Å². The summed E-state index contributed by atoms with van der Waals surface area (Å²) in [6.07, 6.45) is -0.201.